The standard InChI is InChI=1S/C14H25BrN2S/c1-2-4-12(6-7-16)5-3-8-17-10-14-9-13(15)11-18-14/h9,11-12,17H,2-8,10,16H2,1H3. The molecule has 1 heterocycles. The number of hydrogen-bond donors (Lipinski definition) is 2. The van der Waals surface area contributed by atoms with Gasteiger partial charge in [-0.3, -0.25) is 0 Å². The second-order valence-corrected chi connectivity index (χ2v) is 6.69. The molecule has 4 heteroatoms. The van der Waals surface area contributed by atoms with E-state index >= 15 is 0 Å². The zero-order chi connectivity index (χ0) is 13.2. The summed E-state index contributed by atoms with van der Waals surface area (Å²) in [6.07, 6.45) is 6.37. The summed E-state index contributed by atoms with van der Waals surface area (Å²) in [6, 6.07) is 2.19. The first kappa shape index (κ1) is 16.2. The summed E-state index contributed by atoms with van der Waals surface area (Å²) < 4.78 is 1.19. The van der Waals surface area contributed by atoms with Crippen LogP contribution in [0.5, 0.6) is 0 Å². The highest BCUT2D eigenvalue weighted by atomic mass is 79.9. The Morgan fingerprint density at radius 1 is 1.39 bits per heavy atom. The van der Waals surface area contributed by atoms with Crippen molar-refractivity contribution in [3.8, 4) is 0 Å². The quantitative estimate of drug-likeness (QED) is 0.632. The fourth-order valence-corrected chi connectivity index (χ4v) is 3.67. The van der Waals surface area contributed by atoms with Gasteiger partial charge in [-0.05, 0) is 60.3 Å². The number of hydrogen-bond acceptors (Lipinski definition) is 3. The molecule has 1 unspecified atom stereocenters. The van der Waals surface area contributed by atoms with Crippen LogP contribution in [0.4, 0.5) is 0 Å². The molecule has 0 aliphatic carbocycles. The van der Waals surface area contributed by atoms with Crippen molar-refractivity contribution in [3.05, 3.63) is 20.8 Å². The lowest BCUT2D eigenvalue weighted by Gasteiger charge is -2.14. The average Bonchev–Trinajstić information content (AvgIpc) is 2.75. The van der Waals surface area contributed by atoms with Crippen LogP contribution in [0.25, 0.3) is 0 Å². The second kappa shape index (κ2) is 9.96. The Balaban J connectivity index is 2.06. The van der Waals surface area contributed by atoms with Gasteiger partial charge in [-0.15, -0.1) is 11.3 Å². The first-order valence-electron chi connectivity index (χ1n) is 6.90. The third kappa shape index (κ3) is 6.88. The molecule has 0 bridgehead atoms. The summed E-state index contributed by atoms with van der Waals surface area (Å²) in [5.74, 6) is 0.831. The molecular weight excluding hydrogens is 308 g/mol. The smallest absolute Gasteiger partial charge is 0.0300 e. The molecule has 0 fully saturated rings. The number of nitrogens with two attached hydrogens (primary N) is 1. The van der Waals surface area contributed by atoms with Gasteiger partial charge < -0.3 is 11.1 Å². The van der Waals surface area contributed by atoms with Gasteiger partial charge in [0.05, 0.1) is 0 Å². The van der Waals surface area contributed by atoms with Gasteiger partial charge in [0.25, 0.3) is 0 Å². The number of halogens is 1. The van der Waals surface area contributed by atoms with Crippen molar-refractivity contribution < 1.29 is 0 Å². The molecule has 0 aliphatic heterocycles. The Hall–Kier alpha value is 0.1000. The predicted octanol–water partition coefficient (Wildman–Crippen LogP) is 4.15. The molecule has 0 aromatic carbocycles. The lowest BCUT2D eigenvalue weighted by atomic mass is 9.94. The molecule has 0 saturated carbocycles. The number of rotatable bonds is 10. The van der Waals surface area contributed by atoms with Crippen LogP contribution >= 0.6 is 27.3 Å². The van der Waals surface area contributed by atoms with E-state index in [1.54, 1.807) is 11.3 Å². The lowest BCUT2D eigenvalue weighted by Crippen LogP contribution is -2.16. The van der Waals surface area contributed by atoms with Crippen LogP contribution in [0.15, 0.2) is 15.9 Å². The van der Waals surface area contributed by atoms with E-state index in [9.17, 15) is 0 Å². The summed E-state index contributed by atoms with van der Waals surface area (Å²) in [5.41, 5.74) is 5.65. The van der Waals surface area contributed by atoms with Crippen LogP contribution in [0, 0.1) is 5.92 Å². The lowest BCUT2D eigenvalue weighted by molar-refractivity contribution is 0.404. The third-order valence-electron chi connectivity index (χ3n) is 3.16. The largest absolute Gasteiger partial charge is 0.330 e. The maximum Gasteiger partial charge on any atom is 0.0300 e. The Kier molecular flexibility index (Phi) is 8.94. The summed E-state index contributed by atoms with van der Waals surface area (Å²) in [4.78, 5) is 1.40. The summed E-state index contributed by atoms with van der Waals surface area (Å²) in [5, 5.41) is 5.65. The molecule has 1 aromatic heterocycles. The van der Waals surface area contributed by atoms with Gasteiger partial charge in [0.2, 0.25) is 0 Å². The molecule has 3 N–H and O–H groups in total. The van der Waals surface area contributed by atoms with Gasteiger partial charge in [-0.25, -0.2) is 0 Å². The Labute approximate surface area is 123 Å². The van der Waals surface area contributed by atoms with E-state index in [0.717, 1.165) is 25.6 Å². The molecule has 1 atom stereocenters. The van der Waals surface area contributed by atoms with Gasteiger partial charge in [-0.2, -0.15) is 0 Å². The molecule has 0 spiro atoms. The van der Waals surface area contributed by atoms with E-state index in [-0.39, 0.29) is 0 Å². The maximum atomic E-state index is 5.65. The first-order valence-corrected chi connectivity index (χ1v) is 8.57. The van der Waals surface area contributed by atoms with Gasteiger partial charge in [0, 0.05) is 21.3 Å². The molecule has 0 aliphatic rings. The van der Waals surface area contributed by atoms with Gasteiger partial charge in [0.1, 0.15) is 0 Å². The van der Waals surface area contributed by atoms with Crippen molar-refractivity contribution in [2.24, 2.45) is 11.7 Å². The normalized spacial score (nSPS) is 12.8. The Morgan fingerprint density at radius 3 is 2.83 bits per heavy atom. The SMILES string of the molecule is CCCC(CCN)CCCNCc1cc(Br)cs1. The van der Waals surface area contributed by atoms with Crippen molar-refractivity contribution in [1.29, 1.82) is 0 Å². The van der Waals surface area contributed by atoms with Crippen LogP contribution in [0.1, 0.15) is 43.9 Å². The minimum absolute atomic E-state index is 0.831. The topological polar surface area (TPSA) is 38.0 Å². The third-order valence-corrected chi connectivity index (χ3v) is 4.86. The zero-order valence-corrected chi connectivity index (χ0v) is 13.7. The fourth-order valence-electron chi connectivity index (χ4n) is 2.25. The molecule has 0 amide bonds. The van der Waals surface area contributed by atoms with E-state index in [4.69, 9.17) is 5.73 Å². The molecule has 0 radical (unpaired) electrons. The van der Waals surface area contributed by atoms with Crippen molar-refractivity contribution in [2.75, 3.05) is 13.1 Å². The number of thiophene rings is 1. The minimum Gasteiger partial charge on any atom is -0.330 e. The Bertz CT molecular complexity index is 308. The molecule has 0 saturated heterocycles. The first-order chi connectivity index (χ1) is 8.76. The van der Waals surface area contributed by atoms with E-state index < -0.39 is 0 Å². The van der Waals surface area contributed by atoms with E-state index in [0.29, 0.717) is 0 Å². The van der Waals surface area contributed by atoms with Crippen molar-refractivity contribution in [1.82, 2.24) is 5.32 Å². The maximum absolute atomic E-state index is 5.65. The van der Waals surface area contributed by atoms with Crippen LogP contribution < -0.4 is 11.1 Å². The van der Waals surface area contributed by atoms with Crippen molar-refractivity contribution >= 4 is 27.3 Å². The van der Waals surface area contributed by atoms with E-state index in [1.807, 2.05) is 0 Å². The highest BCUT2D eigenvalue weighted by molar-refractivity contribution is 9.10. The highest BCUT2D eigenvalue weighted by Crippen LogP contribution is 2.19. The van der Waals surface area contributed by atoms with Crippen molar-refractivity contribution in [2.45, 2.75) is 45.6 Å². The molecule has 18 heavy (non-hydrogen) atoms. The van der Waals surface area contributed by atoms with E-state index in [2.05, 4.69) is 39.6 Å². The molecule has 1 aromatic rings. The average molecular weight is 333 g/mol. The van der Waals surface area contributed by atoms with Crippen molar-refractivity contribution in [3.63, 3.8) is 0 Å². The summed E-state index contributed by atoms with van der Waals surface area (Å²) in [6.45, 7) is 5.20. The van der Waals surface area contributed by atoms with Gasteiger partial charge in [-0.1, -0.05) is 19.8 Å². The summed E-state index contributed by atoms with van der Waals surface area (Å²) in [7, 11) is 0. The monoisotopic (exact) mass is 332 g/mol. The second-order valence-electron chi connectivity index (χ2n) is 4.78. The fraction of sp³-hybridized carbons (Fsp3) is 0.714. The van der Waals surface area contributed by atoms with Gasteiger partial charge in [0.15, 0.2) is 0 Å². The minimum atomic E-state index is 0.831. The predicted molar refractivity (Wildman–Crippen MR) is 85.0 cm³/mol. The van der Waals surface area contributed by atoms with Crippen LogP contribution in [-0.2, 0) is 6.54 Å². The molecule has 2 nitrogen and oxygen atoms in total. The Morgan fingerprint density at radius 2 is 2.22 bits per heavy atom. The van der Waals surface area contributed by atoms with Crippen LogP contribution in [0.3, 0.4) is 0 Å². The van der Waals surface area contributed by atoms with Crippen LogP contribution in [-0.4, -0.2) is 13.1 Å². The van der Waals surface area contributed by atoms with Crippen LogP contribution in [0.2, 0.25) is 0 Å². The molecule has 1 rings (SSSR count). The summed E-state index contributed by atoms with van der Waals surface area (Å²) >= 11 is 5.28. The van der Waals surface area contributed by atoms with E-state index in [1.165, 1.54) is 41.5 Å². The zero-order valence-electron chi connectivity index (χ0n) is 11.3. The molecular formula is C14H25BrN2S. The van der Waals surface area contributed by atoms with Gasteiger partial charge >= 0.3 is 0 Å². The highest BCUT2D eigenvalue weighted by Gasteiger charge is 2.06. The molecule has 104 valence electrons. The number of nitrogens with one attached hydrogen (secondary N) is 1.